The van der Waals surface area contributed by atoms with E-state index in [1.54, 1.807) is 6.07 Å². The summed E-state index contributed by atoms with van der Waals surface area (Å²) in [5.74, 6) is 0.331. The number of fused-ring (bicyclic) bond motifs is 1. The minimum atomic E-state index is -1.08. The molecular weight excluding hydrogens is 298 g/mol. The van der Waals surface area contributed by atoms with E-state index in [9.17, 15) is 9.59 Å². The van der Waals surface area contributed by atoms with Gasteiger partial charge in [0, 0.05) is 25.4 Å². The number of hydrogen-bond donors (Lipinski definition) is 2. The third-order valence-electron chi connectivity index (χ3n) is 3.96. The Morgan fingerprint density at radius 2 is 2.26 bits per heavy atom. The topological polar surface area (TPSA) is 99.4 Å². The summed E-state index contributed by atoms with van der Waals surface area (Å²) in [5, 5.41) is 8.88. The third-order valence-corrected chi connectivity index (χ3v) is 3.96. The third kappa shape index (κ3) is 3.19. The smallest absolute Gasteiger partial charge is 0.371 e. The first-order chi connectivity index (χ1) is 10.9. The maximum atomic E-state index is 12.3. The Balaban J connectivity index is 1.77. The molecule has 0 fully saturated rings. The molecule has 0 aromatic carbocycles. The quantitative estimate of drug-likeness (QED) is 0.891. The first-order valence-electron chi connectivity index (χ1n) is 7.60. The second-order valence-corrected chi connectivity index (χ2v) is 6.06. The summed E-state index contributed by atoms with van der Waals surface area (Å²) in [7, 11) is 0. The van der Waals surface area contributed by atoms with Gasteiger partial charge in [-0.05, 0) is 12.1 Å². The van der Waals surface area contributed by atoms with Crippen LogP contribution in [0, 0.1) is 0 Å². The zero-order valence-corrected chi connectivity index (χ0v) is 13.1. The molecule has 0 saturated heterocycles. The second-order valence-electron chi connectivity index (χ2n) is 6.06. The van der Waals surface area contributed by atoms with Gasteiger partial charge in [-0.25, -0.2) is 9.78 Å². The van der Waals surface area contributed by atoms with Gasteiger partial charge >= 0.3 is 5.97 Å². The molecule has 0 aliphatic carbocycles. The van der Waals surface area contributed by atoms with Gasteiger partial charge in [0.05, 0.1) is 17.8 Å². The monoisotopic (exact) mass is 317 g/mol. The number of carboxylic acid groups (broad SMARTS) is 1. The molecular formula is C16H19N3O4. The average Bonchev–Trinajstić information content (AvgIpc) is 2.96. The summed E-state index contributed by atoms with van der Waals surface area (Å²) < 4.78 is 5.27. The molecule has 0 spiro atoms. The summed E-state index contributed by atoms with van der Waals surface area (Å²) in [4.78, 5) is 32.6. The fourth-order valence-electron chi connectivity index (χ4n) is 2.71. The maximum Gasteiger partial charge on any atom is 0.371 e. The van der Waals surface area contributed by atoms with Gasteiger partial charge in [-0.2, -0.15) is 0 Å². The Morgan fingerprint density at radius 3 is 2.91 bits per heavy atom. The highest BCUT2D eigenvalue weighted by atomic mass is 16.4. The van der Waals surface area contributed by atoms with Crippen molar-refractivity contribution in [1.29, 1.82) is 0 Å². The van der Waals surface area contributed by atoms with Crippen LogP contribution in [0.4, 0.5) is 0 Å². The summed E-state index contributed by atoms with van der Waals surface area (Å²) in [6.07, 6.45) is 0.700. The summed E-state index contributed by atoms with van der Waals surface area (Å²) in [5.41, 5.74) is 1.46. The average molecular weight is 317 g/mol. The zero-order chi connectivity index (χ0) is 16.6. The highest BCUT2D eigenvalue weighted by Crippen LogP contribution is 2.19. The summed E-state index contributed by atoms with van der Waals surface area (Å²) in [6, 6.07) is 3.10. The molecule has 0 bridgehead atoms. The van der Waals surface area contributed by atoms with Crippen LogP contribution in [0.25, 0.3) is 0 Å². The van der Waals surface area contributed by atoms with Crippen LogP contribution in [0.2, 0.25) is 0 Å². The van der Waals surface area contributed by atoms with Gasteiger partial charge in [0.1, 0.15) is 11.6 Å². The Bertz CT molecular complexity index is 791. The molecule has 0 saturated carbocycles. The molecule has 7 heteroatoms. The van der Waals surface area contributed by atoms with Gasteiger partial charge in [-0.3, -0.25) is 9.69 Å². The van der Waals surface area contributed by atoms with Crippen molar-refractivity contribution in [2.24, 2.45) is 0 Å². The number of hydrogen-bond acceptors (Lipinski definition) is 5. The minimum absolute atomic E-state index is 0.0708. The van der Waals surface area contributed by atoms with Crippen LogP contribution in [0.5, 0.6) is 0 Å². The SMILES string of the molecule is CC(C)c1nc2c(c(=O)[nH]1)CN(Cc1ccc(C(=O)O)o1)CC2. The number of aromatic amines is 1. The van der Waals surface area contributed by atoms with Crippen molar-refractivity contribution in [3.63, 3.8) is 0 Å². The van der Waals surface area contributed by atoms with E-state index in [2.05, 4.69) is 14.9 Å². The van der Waals surface area contributed by atoms with Crippen molar-refractivity contribution >= 4 is 5.97 Å². The fourth-order valence-corrected chi connectivity index (χ4v) is 2.71. The van der Waals surface area contributed by atoms with E-state index in [1.165, 1.54) is 6.07 Å². The number of aromatic carboxylic acids is 1. The van der Waals surface area contributed by atoms with E-state index < -0.39 is 5.97 Å². The molecule has 0 unspecified atom stereocenters. The summed E-state index contributed by atoms with van der Waals surface area (Å²) >= 11 is 0. The Morgan fingerprint density at radius 1 is 1.48 bits per heavy atom. The largest absolute Gasteiger partial charge is 0.475 e. The molecule has 3 rings (SSSR count). The van der Waals surface area contributed by atoms with Crippen molar-refractivity contribution in [2.75, 3.05) is 6.54 Å². The summed E-state index contributed by atoms with van der Waals surface area (Å²) in [6.45, 7) is 5.70. The number of furan rings is 1. The number of nitrogens with zero attached hydrogens (tertiary/aromatic N) is 2. The lowest BCUT2D eigenvalue weighted by Gasteiger charge is -2.27. The molecule has 2 N–H and O–H groups in total. The van der Waals surface area contributed by atoms with Gasteiger partial charge in [0.25, 0.3) is 5.56 Å². The molecule has 0 amide bonds. The van der Waals surface area contributed by atoms with Gasteiger partial charge in [-0.1, -0.05) is 13.8 Å². The van der Waals surface area contributed by atoms with E-state index in [4.69, 9.17) is 9.52 Å². The zero-order valence-electron chi connectivity index (χ0n) is 13.1. The lowest BCUT2D eigenvalue weighted by Crippen LogP contribution is -2.35. The van der Waals surface area contributed by atoms with Crippen LogP contribution in [0.1, 0.15) is 53.2 Å². The van der Waals surface area contributed by atoms with E-state index in [0.717, 1.165) is 18.1 Å². The minimum Gasteiger partial charge on any atom is -0.475 e. The van der Waals surface area contributed by atoms with E-state index >= 15 is 0 Å². The standard InChI is InChI=1S/C16H19N3O4/c1-9(2)14-17-12-5-6-19(8-11(12)15(20)18-14)7-10-3-4-13(23-10)16(21)22/h3-4,9H,5-8H2,1-2H3,(H,21,22)(H,17,18,20). The van der Waals surface area contributed by atoms with E-state index in [1.807, 2.05) is 13.8 Å². The number of carboxylic acids is 1. The van der Waals surface area contributed by atoms with Gasteiger partial charge in [0.15, 0.2) is 0 Å². The van der Waals surface area contributed by atoms with Crippen molar-refractivity contribution < 1.29 is 14.3 Å². The van der Waals surface area contributed by atoms with Crippen molar-refractivity contribution in [3.05, 3.63) is 51.1 Å². The highest BCUT2D eigenvalue weighted by molar-refractivity contribution is 5.84. The van der Waals surface area contributed by atoms with Gasteiger partial charge in [0.2, 0.25) is 5.76 Å². The van der Waals surface area contributed by atoms with Crippen LogP contribution in [-0.2, 0) is 19.5 Å². The molecule has 7 nitrogen and oxygen atoms in total. The van der Waals surface area contributed by atoms with Crippen LogP contribution in [0.3, 0.4) is 0 Å². The molecule has 0 radical (unpaired) electrons. The van der Waals surface area contributed by atoms with Crippen LogP contribution in [0.15, 0.2) is 21.3 Å². The van der Waals surface area contributed by atoms with Crippen LogP contribution in [-0.4, -0.2) is 32.5 Å². The Hall–Kier alpha value is -2.41. The molecule has 2 aromatic rings. The maximum absolute atomic E-state index is 12.3. The van der Waals surface area contributed by atoms with E-state index in [0.29, 0.717) is 30.8 Å². The lowest BCUT2D eigenvalue weighted by atomic mass is 10.1. The van der Waals surface area contributed by atoms with Gasteiger partial charge < -0.3 is 14.5 Å². The molecule has 0 atom stereocenters. The molecule has 122 valence electrons. The predicted octanol–water partition coefficient (Wildman–Crippen LogP) is 1.74. The first kappa shape index (κ1) is 15.5. The van der Waals surface area contributed by atoms with Crippen molar-refractivity contribution in [3.8, 4) is 0 Å². The lowest BCUT2D eigenvalue weighted by molar-refractivity contribution is 0.0658. The molecule has 1 aliphatic heterocycles. The number of nitrogens with one attached hydrogen (secondary N) is 1. The predicted molar refractivity (Wildman–Crippen MR) is 82.4 cm³/mol. The molecule has 2 aromatic heterocycles. The number of H-pyrrole nitrogens is 1. The van der Waals surface area contributed by atoms with E-state index in [-0.39, 0.29) is 17.2 Å². The van der Waals surface area contributed by atoms with Crippen LogP contribution < -0.4 is 5.56 Å². The normalized spacial score (nSPS) is 14.9. The molecule has 23 heavy (non-hydrogen) atoms. The first-order valence-corrected chi connectivity index (χ1v) is 7.60. The Labute approximate surface area is 133 Å². The second kappa shape index (κ2) is 6.00. The number of carbonyl (C=O) groups is 1. The Kier molecular flexibility index (Phi) is 4.04. The molecule has 3 heterocycles. The fraction of sp³-hybridized carbons (Fsp3) is 0.438. The number of rotatable bonds is 4. The molecule has 1 aliphatic rings. The number of aromatic nitrogens is 2. The van der Waals surface area contributed by atoms with Crippen LogP contribution >= 0.6 is 0 Å². The van der Waals surface area contributed by atoms with Gasteiger partial charge in [-0.15, -0.1) is 0 Å². The highest BCUT2D eigenvalue weighted by Gasteiger charge is 2.22. The van der Waals surface area contributed by atoms with Crippen molar-refractivity contribution in [2.45, 2.75) is 39.3 Å². The van der Waals surface area contributed by atoms with Crippen molar-refractivity contribution in [1.82, 2.24) is 14.9 Å².